The highest BCUT2D eigenvalue weighted by atomic mass is 16.5. The second-order valence-electron chi connectivity index (χ2n) is 9.25. The maximum atomic E-state index is 5.91. The van der Waals surface area contributed by atoms with Crippen molar-refractivity contribution in [2.75, 3.05) is 7.11 Å². The number of aromatic amines is 1. The third-order valence-corrected chi connectivity index (χ3v) is 6.53. The van der Waals surface area contributed by atoms with E-state index in [0.29, 0.717) is 6.61 Å². The third kappa shape index (κ3) is 5.71. The van der Waals surface area contributed by atoms with Crippen LogP contribution in [0.1, 0.15) is 28.2 Å². The van der Waals surface area contributed by atoms with Crippen LogP contribution in [-0.2, 0) is 6.61 Å². The van der Waals surface area contributed by atoms with Gasteiger partial charge in [-0.15, -0.1) is 0 Å². The lowest BCUT2D eigenvalue weighted by atomic mass is 10.1. The minimum Gasteiger partial charge on any atom is -0.496 e. The van der Waals surface area contributed by atoms with Gasteiger partial charge in [-0.1, -0.05) is 42.5 Å². The molecule has 0 amide bonds. The number of nitrogens with zero attached hydrogens (tertiary/aromatic N) is 3. The number of methoxy groups -OCH3 is 1. The Morgan fingerprint density at radius 2 is 1.73 bits per heavy atom. The highest BCUT2D eigenvalue weighted by Crippen LogP contribution is 2.27. The molecule has 0 atom stereocenters. The monoisotopic (exact) mass is 524 g/mol. The maximum Gasteiger partial charge on any atom is 0.130 e. The molecule has 0 aliphatic heterocycles. The van der Waals surface area contributed by atoms with Crippen LogP contribution in [0.5, 0.6) is 11.5 Å². The molecule has 0 saturated heterocycles. The molecule has 0 bridgehead atoms. The minimum absolute atomic E-state index is 0.394. The van der Waals surface area contributed by atoms with Crippen molar-refractivity contribution < 1.29 is 9.47 Å². The summed E-state index contributed by atoms with van der Waals surface area (Å²) in [6.45, 7) is 0.394. The van der Waals surface area contributed by atoms with Crippen molar-refractivity contribution in [1.29, 1.82) is 0 Å². The molecule has 0 spiro atoms. The number of hydrogen-bond acceptors (Lipinski definition) is 4. The normalized spacial score (nSPS) is 11.5. The number of pyridine rings is 1. The number of fused-ring (bicyclic) bond motifs is 1. The lowest BCUT2D eigenvalue weighted by molar-refractivity contribution is 0.299. The van der Waals surface area contributed by atoms with Crippen LogP contribution in [0.4, 0.5) is 0 Å². The zero-order valence-electron chi connectivity index (χ0n) is 22.1. The summed E-state index contributed by atoms with van der Waals surface area (Å²) < 4.78 is 13.5. The third-order valence-electron chi connectivity index (χ3n) is 6.53. The van der Waals surface area contributed by atoms with Crippen LogP contribution >= 0.6 is 0 Å². The Bertz CT molecular complexity index is 1780. The Balaban J connectivity index is 1.25. The molecule has 1 N–H and O–H groups in total. The van der Waals surface area contributed by atoms with Crippen molar-refractivity contribution >= 4 is 35.2 Å². The summed E-state index contributed by atoms with van der Waals surface area (Å²) in [4.78, 5) is 7.58. The predicted octanol–water partition coefficient (Wildman–Crippen LogP) is 7.68. The van der Waals surface area contributed by atoms with Crippen LogP contribution in [0.3, 0.4) is 0 Å². The van der Waals surface area contributed by atoms with Crippen molar-refractivity contribution in [2.45, 2.75) is 6.61 Å². The van der Waals surface area contributed by atoms with Gasteiger partial charge in [-0.2, -0.15) is 5.10 Å². The van der Waals surface area contributed by atoms with Crippen molar-refractivity contribution in [1.82, 2.24) is 19.7 Å². The van der Waals surface area contributed by atoms with E-state index in [-0.39, 0.29) is 0 Å². The van der Waals surface area contributed by atoms with Crippen LogP contribution in [0.25, 0.3) is 40.9 Å². The Morgan fingerprint density at radius 1 is 0.825 bits per heavy atom. The molecule has 6 nitrogen and oxygen atoms in total. The summed E-state index contributed by atoms with van der Waals surface area (Å²) in [6.07, 6.45) is 11.9. The zero-order chi connectivity index (χ0) is 27.1. The van der Waals surface area contributed by atoms with Gasteiger partial charge in [-0.05, 0) is 83.8 Å². The Morgan fingerprint density at radius 3 is 2.58 bits per heavy atom. The number of benzene rings is 3. The van der Waals surface area contributed by atoms with E-state index in [1.807, 2.05) is 77.6 Å². The fraction of sp³-hybridized carbons (Fsp3) is 0.0588. The minimum atomic E-state index is 0.394. The highest BCUT2D eigenvalue weighted by molar-refractivity contribution is 5.83. The Labute approximate surface area is 232 Å². The highest BCUT2D eigenvalue weighted by Gasteiger charge is 2.08. The first-order valence-electron chi connectivity index (χ1n) is 13.0. The van der Waals surface area contributed by atoms with E-state index in [4.69, 9.17) is 14.6 Å². The molecule has 0 fully saturated rings. The molecule has 3 aromatic heterocycles. The first kappa shape index (κ1) is 24.9. The molecule has 0 saturated carbocycles. The number of aromatic nitrogens is 4. The number of hydrogen-bond donors (Lipinski definition) is 1. The van der Waals surface area contributed by atoms with Crippen LogP contribution in [-0.4, -0.2) is 26.9 Å². The molecule has 196 valence electrons. The summed E-state index contributed by atoms with van der Waals surface area (Å²) in [5.41, 5.74) is 6.83. The molecule has 0 aliphatic rings. The first-order valence-corrected chi connectivity index (χ1v) is 13.0. The van der Waals surface area contributed by atoms with E-state index < -0.39 is 0 Å². The number of ether oxygens (including phenoxy) is 2. The summed E-state index contributed by atoms with van der Waals surface area (Å²) in [6, 6.07) is 32.2. The van der Waals surface area contributed by atoms with E-state index in [9.17, 15) is 0 Å². The average molecular weight is 525 g/mol. The lowest BCUT2D eigenvalue weighted by Crippen LogP contribution is -1.98. The van der Waals surface area contributed by atoms with Crippen molar-refractivity contribution in [2.24, 2.45) is 0 Å². The molecule has 6 aromatic rings. The number of rotatable bonds is 9. The SMILES string of the molecule is COc1cc(OCc2ccccn2)ccc1/C=C/c1cc(/C=C/c2ccc3cc[nH]c3c2)n(-c2ccccc2)n1. The molecule has 0 aliphatic carbocycles. The fourth-order valence-electron chi connectivity index (χ4n) is 4.48. The van der Waals surface area contributed by atoms with Gasteiger partial charge in [-0.25, -0.2) is 4.68 Å². The quantitative estimate of drug-likeness (QED) is 0.211. The molecule has 3 heterocycles. The van der Waals surface area contributed by atoms with Gasteiger partial charge in [0.2, 0.25) is 0 Å². The maximum absolute atomic E-state index is 5.91. The molecule has 6 rings (SSSR count). The van der Waals surface area contributed by atoms with E-state index in [1.54, 1.807) is 13.3 Å². The smallest absolute Gasteiger partial charge is 0.130 e. The van der Waals surface area contributed by atoms with Gasteiger partial charge >= 0.3 is 0 Å². The standard InChI is InChI=1S/C34H28N4O2/c1-39-34-23-32(40-24-29-7-5-6-19-35-29)17-14-27(34)13-15-28-22-31(38(37-28)30-8-3-2-4-9-30)16-11-25-10-12-26-18-20-36-33(26)21-25/h2-23,36H,24H2,1H3/b15-13+,16-11+. The number of nitrogens with one attached hydrogen (secondary N) is 1. The summed E-state index contributed by atoms with van der Waals surface area (Å²) >= 11 is 0. The van der Waals surface area contributed by atoms with Crippen LogP contribution in [0.15, 0.2) is 109 Å². The van der Waals surface area contributed by atoms with Gasteiger partial charge in [0.25, 0.3) is 0 Å². The molecule has 40 heavy (non-hydrogen) atoms. The molecule has 0 unspecified atom stereocenters. The molecular formula is C34H28N4O2. The number of H-pyrrole nitrogens is 1. The molecule has 0 radical (unpaired) electrons. The second kappa shape index (κ2) is 11.6. The largest absolute Gasteiger partial charge is 0.496 e. The van der Waals surface area contributed by atoms with Gasteiger partial charge in [0.1, 0.15) is 18.1 Å². The Hall–Kier alpha value is -5.36. The van der Waals surface area contributed by atoms with E-state index >= 15 is 0 Å². The topological polar surface area (TPSA) is 65.0 Å². The van der Waals surface area contributed by atoms with E-state index in [2.05, 4.69) is 64.6 Å². The molecular weight excluding hydrogens is 496 g/mol. The second-order valence-corrected chi connectivity index (χ2v) is 9.25. The number of para-hydroxylation sites is 1. The van der Waals surface area contributed by atoms with Crippen molar-refractivity contribution in [3.8, 4) is 17.2 Å². The van der Waals surface area contributed by atoms with Crippen LogP contribution in [0.2, 0.25) is 0 Å². The average Bonchev–Trinajstić information content (AvgIpc) is 3.66. The van der Waals surface area contributed by atoms with Crippen LogP contribution < -0.4 is 9.47 Å². The van der Waals surface area contributed by atoms with Gasteiger partial charge in [0, 0.05) is 29.5 Å². The fourth-order valence-corrected chi connectivity index (χ4v) is 4.48. The van der Waals surface area contributed by atoms with Gasteiger partial charge in [-0.3, -0.25) is 4.98 Å². The van der Waals surface area contributed by atoms with Gasteiger partial charge in [0.05, 0.1) is 29.9 Å². The lowest BCUT2D eigenvalue weighted by Gasteiger charge is -2.09. The van der Waals surface area contributed by atoms with Crippen molar-refractivity contribution in [3.63, 3.8) is 0 Å². The van der Waals surface area contributed by atoms with Crippen molar-refractivity contribution in [3.05, 3.63) is 138 Å². The Kier molecular flexibility index (Phi) is 7.22. The predicted molar refractivity (Wildman–Crippen MR) is 161 cm³/mol. The molecule has 3 aromatic carbocycles. The summed E-state index contributed by atoms with van der Waals surface area (Å²) in [5, 5.41) is 6.08. The summed E-state index contributed by atoms with van der Waals surface area (Å²) in [5.74, 6) is 1.44. The zero-order valence-corrected chi connectivity index (χ0v) is 22.1. The van der Waals surface area contributed by atoms with Crippen LogP contribution in [0, 0.1) is 0 Å². The van der Waals surface area contributed by atoms with Gasteiger partial charge < -0.3 is 14.5 Å². The van der Waals surface area contributed by atoms with E-state index in [1.165, 1.54) is 5.39 Å². The molecule has 6 heteroatoms. The van der Waals surface area contributed by atoms with Gasteiger partial charge in [0.15, 0.2) is 0 Å². The first-order chi connectivity index (χ1) is 19.7. The summed E-state index contributed by atoms with van der Waals surface area (Å²) in [7, 11) is 1.66. The van der Waals surface area contributed by atoms with E-state index in [0.717, 1.165) is 50.9 Å².